The third-order valence-electron chi connectivity index (χ3n) is 3.94. The molecule has 2 aromatic carbocycles. The van der Waals surface area contributed by atoms with Gasteiger partial charge in [-0.2, -0.15) is 4.99 Å². The third-order valence-corrected chi connectivity index (χ3v) is 6.10. The van der Waals surface area contributed by atoms with Gasteiger partial charge in [-0.15, -0.1) is 0 Å². The Morgan fingerprint density at radius 1 is 1.21 bits per heavy atom. The summed E-state index contributed by atoms with van der Waals surface area (Å²) in [5.74, 6) is -1.78. The maximum absolute atomic E-state index is 13.4. The summed E-state index contributed by atoms with van der Waals surface area (Å²) in [6.07, 6.45) is 1.09. The van der Waals surface area contributed by atoms with Gasteiger partial charge in [0.05, 0.1) is 21.7 Å². The molecule has 0 aliphatic heterocycles. The minimum absolute atomic E-state index is 0.0574. The van der Waals surface area contributed by atoms with Crippen molar-refractivity contribution in [3.63, 3.8) is 0 Å². The first-order valence-corrected chi connectivity index (χ1v) is 11.2. The quantitative estimate of drug-likeness (QED) is 0.573. The van der Waals surface area contributed by atoms with E-state index in [1.54, 1.807) is 13.0 Å². The Morgan fingerprint density at radius 2 is 1.97 bits per heavy atom. The number of hydrogen-bond acceptors (Lipinski definition) is 6. The van der Waals surface area contributed by atoms with Crippen molar-refractivity contribution in [3.05, 3.63) is 58.6 Å². The van der Waals surface area contributed by atoms with Crippen LogP contribution in [-0.4, -0.2) is 37.7 Å². The monoisotopic (exact) mass is 436 g/mol. The van der Waals surface area contributed by atoms with E-state index in [1.165, 1.54) is 34.9 Å². The number of carbonyl (C=O) groups is 2. The molecule has 0 aliphatic carbocycles. The molecule has 0 fully saturated rings. The van der Waals surface area contributed by atoms with Gasteiger partial charge in [0, 0.05) is 11.8 Å². The first-order valence-electron chi connectivity index (χ1n) is 8.52. The molecule has 152 valence electrons. The zero-order valence-corrected chi connectivity index (χ0v) is 17.2. The average molecular weight is 436 g/mol. The summed E-state index contributed by atoms with van der Waals surface area (Å²) < 4.78 is 44.1. The van der Waals surface area contributed by atoms with Crippen molar-refractivity contribution < 1.29 is 27.1 Å². The van der Waals surface area contributed by atoms with Crippen molar-refractivity contribution in [2.24, 2.45) is 4.99 Å². The van der Waals surface area contributed by atoms with Gasteiger partial charge in [0.15, 0.2) is 14.6 Å². The van der Waals surface area contributed by atoms with Crippen LogP contribution in [0.4, 0.5) is 4.39 Å². The maximum atomic E-state index is 13.4. The highest BCUT2D eigenvalue weighted by atomic mass is 32.2. The maximum Gasteiger partial charge on any atom is 0.326 e. The van der Waals surface area contributed by atoms with Crippen molar-refractivity contribution >= 4 is 43.3 Å². The molecule has 3 rings (SSSR count). The lowest BCUT2D eigenvalue weighted by Gasteiger charge is -2.05. The Kier molecular flexibility index (Phi) is 5.94. The van der Waals surface area contributed by atoms with Crippen LogP contribution >= 0.6 is 11.3 Å². The molecule has 1 aromatic heterocycles. The molecule has 0 unspecified atom stereocenters. The highest BCUT2D eigenvalue weighted by Crippen LogP contribution is 2.22. The van der Waals surface area contributed by atoms with Gasteiger partial charge in [-0.05, 0) is 43.3 Å². The molecule has 0 bridgehead atoms. The summed E-state index contributed by atoms with van der Waals surface area (Å²) in [5, 5.41) is 0. The van der Waals surface area contributed by atoms with Crippen molar-refractivity contribution in [3.8, 4) is 0 Å². The molecule has 7 nitrogen and oxygen atoms in total. The number of ether oxygens (including phenoxy) is 1. The summed E-state index contributed by atoms with van der Waals surface area (Å²) in [6, 6.07) is 9.54. The summed E-state index contributed by atoms with van der Waals surface area (Å²) in [5.41, 5.74) is 0.586. The summed E-state index contributed by atoms with van der Waals surface area (Å²) in [4.78, 5) is 28.8. The second-order valence-corrected chi connectivity index (χ2v) is 9.13. The number of carbonyl (C=O) groups excluding carboxylic acids is 2. The summed E-state index contributed by atoms with van der Waals surface area (Å²) in [7, 11) is -3.43. The van der Waals surface area contributed by atoms with E-state index in [2.05, 4.69) is 4.99 Å². The molecule has 0 aliphatic rings. The fourth-order valence-corrected chi connectivity index (χ4v) is 4.42. The normalized spacial score (nSPS) is 12.3. The lowest BCUT2D eigenvalue weighted by molar-refractivity contribution is -0.143. The van der Waals surface area contributed by atoms with Gasteiger partial charge < -0.3 is 9.30 Å². The van der Waals surface area contributed by atoms with Crippen LogP contribution in [0.3, 0.4) is 0 Å². The Morgan fingerprint density at radius 3 is 2.62 bits per heavy atom. The zero-order chi connectivity index (χ0) is 21.2. The van der Waals surface area contributed by atoms with E-state index in [4.69, 9.17) is 4.74 Å². The first-order chi connectivity index (χ1) is 13.7. The molecule has 1 amide bonds. The molecule has 0 N–H and O–H groups in total. The molecule has 10 heteroatoms. The van der Waals surface area contributed by atoms with Crippen LogP contribution in [0, 0.1) is 5.82 Å². The number of sulfone groups is 1. The van der Waals surface area contributed by atoms with Crippen LogP contribution in [0.2, 0.25) is 0 Å². The highest BCUT2D eigenvalue weighted by Gasteiger charge is 2.16. The van der Waals surface area contributed by atoms with E-state index in [1.807, 2.05) is 0 Å². The van der Waals surface area contributed by atoms with Gasteiger partial charge in [-0.3, -0.25) is 9.59 Å². The van der Waals surface area contributed by atoms with Crippen molar-refractivity contribution in [1.82, 2.24) is 4.57 Å². The molecule has 0 saturated carbocycles. The lowest BCUT2D eigenvalue weighted by atomic mass is 10.2. The average Bonchev–Trinajstić information content (AvgIpc) is 2.97. The second kappa shape index (κ2) is 8.26. The number of benzene rings is 2. The van der Waals surface area contributed by atoms with Gasteiger partial charge in [0.1, 0.15) is 12.4 Å². The number of esters is 1. The largest absolute Gasteiger partial charge is 0.465 e. The number of hydrogen-bond donors (Lipinski definition) is 0. The molecular weight excluding hydrogens is 419 g/mol. The minimum Gasteiger partial charge on any atom is -0.465 e. The number of fused-ring (bicyclic) bond motifs is 1. The summed E-state index contributed by atoms with van der Waals surface area (Å²) in [6.45, 7) is 1.65. The first kappa shape index (κ1) is 20.9. The van der Waals surface area contributed by atoms with Crippen LogP contribution in [0.15, 0.2) is 52.4 Å². The molecule has 0 atom stereocenters. The number of nitrogens with zero attached hydrogens (tertiary/aromatic N) is 2. The number of thiazole rings is 1. The van der Waals surface area contributed by atoms with Crippen LogP contribution in [0.25, 0.3) is 10.2 Å². The Labute approximate surface area is 170 Å². The fraction of sp³-hybridized carbons (Fsp3) is 0.211. The Hall–Kier alpha value is -2.85. The smallest absolute Gasteiger partial charge is 0.326 e. The SMILES string of the molecule is CCOC(=O)Cn1c(=NC(=O)c2cccc(F)c2)sc2cc(S(C)(=O)=O)ccc21. The molecule has 0 spiro atoms. The highest BCUT2D eigenvalue weighted by molar-refractivity contribution is 7.90. The van der Waals surface area contributed by atoms with E-state index in [-0.39, 0.29) is 28.4 Å². The van der Waals surface area contributed by atoms with E-state index < -0.39 is 27.5 Å². The third kappa shape index (κ3) is 4.77. The van der Waals surface area contributed by atoms with E-state index in [9.17, 15) is 22.4 Å². The van der Waals surface area contributed by atoms with Crippen molar-refractivity contribution in [1.29, 1.82) is 0 Å². The van der Waals surface area contributed by atoms with Gasteiger partial charge in [0.25, 0.3) is 5.91 Å². The standard InChI is InChI=1S/C19H17FN2O5S2/c1-3-27-17(23)11-22-15-8-7-14(29(2,25)26)10-16(15)28-19(22)21-18(24)12-5-4-6-13(20)9-12/h4-10H,3,11H2,1-2H3. The van der Waals surface area contributed by atoms with E-state index in [0.717, 1.165) is 23.7 Å². The van der Waals surface area contributed by atoms with Gasteiger partial charge >= 0.3 is 5.97 Å². The molecule has 29 heavy (non-hydrogen) atoms. The van der Waals surface area contributed by atoms with E-state index >= 15 is 0 Å². The van der Waals surface area contributed by atoms with Crippen molar-refractivity contribution in [2.45, 2.75) is 18.4 Å². The molecule has 0 radical (unpaired) electrons. The van der Waals surface area contributed by atoms with Crippen LogP contribution < -0.4 is 4.80 Å². The molecule has 3 aromatic rings. The zero-order valence-electron chi connectivity index (χ0n) is 15.6. The fourth-order valence-electron chi connectivity index (χ4n) is 2.63. The van der Waals surface area contributed by atoms with Gasteiger partial charge in [-0.25, -0.2) is 12.8 Å². The van der Waals surface area contributed by atoms with Gasteiger partial charge in [-0.1, -0.05) is 17.4 Å². The number of rotatable bonds is 5. The van der Waals surface area contributed by atoms with Crippen LogP contribution in [0.5, 0.6) is 0 Å². The predicted octanol–water partition coefficient (Wildman–Crippen LogP) is 2.55. The molecule has 0 saturated heterocycles. The molecule has 1 heterocycles. The Bertz CT molecular complexity index is 1280. The predicted molar refractivity (Wildman–Crippen MR) is 106 cm³/mol. The van der Waals surface area contributed by atoms with Crippen molar-refractivity contribution in [2.75, 3.05) is 12.9 Å². The minimum atomic E-state index is -3.43. The number of aromatic nitrogens is 1. The van der Waals surface area contributed by atoms with Crippen LogP contribution in [-0.2, 0) is 25.9 Å². The van der Waals surface area contributed by atoms with E-state index in [0.29, 0.717) is 10.2 Å². The number of amides is 1. The molecular formula is C19H17FN2O5S2. The summed E-state index contributed by atoms with van der Waals surface area (Å²) >= 11 is 1.05. The topological polar surface area (TPSA) is 94.8 Å². The Balaban J connectivity index is 2.17. The lowest BCUT2D eigenvalue weighted by Crippen LogP contribution is -2.23. The van der Waals surface area contributed by atoms with Gasteiger partial charge in [0.2, 0.25) is 0 Å². The second-order valence-electron chi connectivity index (χ2n) is 6.10. The van der Waals surface area contributed by atoms with Crippen LogP contribution in [0.1, 0.15) is 17.3 Å². The number of halogens is 1.